The number of esters is 2. The van der Waals surface area contributed by atoms with Gasteiger partial charge in [-0.15, -0.1) is 0 Å². The summed E-state index contributed by atoms with van der Waals surface area (Å²) in [7, 11) is 0. The van der Waals surface area contributed by atoms with Crippen LogP contribution in [0.3, 0.4) is 0 Å². The predicted molar refractivity (Wildman–Crippen MR) is 66.5 cm³/mol. The molecule has 0 saturated carbocycles. The number of carboxylic acid groups (broad SMARTS) is 2. The summed E-state index contributed by atoms with van der Waals surface area (Å²) in [6.07, 6.45) is 0.158. The van der Waals surface area contributed by atoms with Gasteiger partial charge in [0, 0.05) is 26.5 Å². The number of hydrogen-bond acceptors (Lipinski definition) is 7. The minimum absolute atomic E-state index is 0.260. The van der Waals surface area contributed by atoms with Crippen molar-refractivity contribution >= 4 is 30.1 Å². The highest BCUT2D eigenvalue weighted by molar-refractivity contribution is 6.10. The van der Waals surface area contributed by atoms with Crippen LogP contribution in [0.15, 0.2) is 4.99 Å². The fraction of sp³-hybridized carbons (Fsp3) is 0.583. The van der Waals surface area contributed by atoms with Gasteiger partial charge < -0.3 is 19.7 Å². The Morgan fingerprint density at radius 2 is 1.81 bits per heavy atom. The van der Waals surface area contributed by atoms with Gasteiger partial charge in [-0.05, 0) is 6.42 Å². The van der Waals surface area contributed by atoms with E-state index in [1.807, 2.05) is 0 Å². The molecule has 9 heteroatoms. The van der Waals surface area contributed by atoms with Crippen molar-refractivity contribution in [3.8, 4) is 0 Å². The summed E-state index contributed by atoms with van der Waals surface area (Å²) < 4.78 is 9.67. The number of rotatable bonds is 6. The first-order chi connectivity index (χ1) is 9.62. The van der Waals surface area contributed by atoms with Crippen LogP contribution in [0.1, 0.15) is 26.7 Å². The van der Waals surface area contributed by atoms with Gasteiger partial charge in [0.1, 0.15) is 6.04 Å². The Kier molecular flexibility index (Phi) is 5.01. The largest absolute Gasteiger partial charge is 0.481 e. The summed E-state index contributed by atoms with van der Waals surface area (Å²) >= 11 is 0. The van der Waals surface area contributed by atoms with Crippen LogP contribution in [0.2, 0.25) is 0 Å². The number of nitrogens with zero attached hydrogens (tertiary/aromatic N) is 1. The summed E-state index contributed by atoms with van der Waals surface area (Å²) in [4.78, 5) is 48.1. The first-order valence-corrected chi connectivity index (χ1v) is 6.06. The Balaban J connectivity index is 2.76. The van der Waals surface area contributed by atoms with Crippen molar-refractivity contribution in [2.24, 2.45) is 10.9 Å². The molecular weight excluding hydrogens is 286 g/mol. The average Bonchev–Trinajstić information content (AvgIpc) is 2.29. The van der Waals surface area contributed by atoms with Gasteiger partial charge in [0.05, 0.1) is 0 Å². The van der Waals surface area contributed by atoms with E-state index < -0.39 is 48.0 Å². The Morgan fingerprint density at radius 3 is 2.24 bits per heavy atom. The van der Waals surface area contributed by atoms with Gasteiger partial charge in [-0.2, -0.15) is 0 Å². The average molecular weight is 301 g/mol. The van der Waals surface area contributed by atoms with E-state index >= 15 is 0 Å². The van der Waals surface area contributed by atoms with Gasteiger partial charge in [0.2, 0.25) is 0 Å². The monoisotopic (exact) mass is 301 g/mol. The van der Waals surface area contributed by atoms with Crippen LogP contribution < -0.4 is 0 Å². The molecule has 1 rings (SSSR count). The van der Waals surface area contributed by atoms with E-state index in [2.05, 4.69) is 4.99 Å². The topological polar surface area (TPSA) is 140 Å². The molecular formula is C12H15NO8. The van der Waals surface area contributed by atoms with Crippen LogP contribution in [-0.2, 0) is 28.7 Å². The third kappa shape index (κ3) is 4.86. The molecule has 1 atom stereocenters. The maximum atomic E-state index is 11.6. The maximum absolute atomic E-state index is 11.6. The number of aliphatic carboxylic acids is 2. The van der Waals surface area contributed by atoms with Crippen LogP contribution in [0, 0.1) is 5.92 Å². The van der Waals surface area contributed by atoms with Crippen LogP contribution in [0.4, 0.5) is 0 Å². The van der Waals surface area contributed by atoms with E-state index in [0.717, 1.165) is 6.21 Å². The van der Waals surface area contributed by atoms with Gasteiger partial charge in [-0.25, -0.2) is 4.79 Å². The van der Waals surface area contributed by atoms with Crippen molar-refractivity contribution in [2.75, 3.05) is 0 Å². The standard InChI is InChI=1S/C12H15NO8/c1-12(2)20-10(18)6(11(19)21-12)5-13-7(9(16)17)3-4-8(14)15/h5-7H,3-4H2,1-2H3,(H,14,15)(H,16,17)/t7-/m1/s1. The number of ether oxygens (including phenoxy) is 2. The lowest BCUT2D eigenvalue weighted by atomic mass is 10.1. The molecule has 0 amide bonds. The lowest BCUT2D eigenvalue weighted by Gasteiger charge is -2.31. The molecule has 0 unspecified atom stereocenters. The van der Waals surface area contributed by atoms with Crippen LogP contribution in [0.5, 0.6) is 0 Å². The van der Waals surface area contributed by atoms with Crippen molar-refractivity contribution in [3.05, 3.63) is 0 Å². The van der Waals surface area contributed by atoms with Crippen LogP contribution >= 0.6 is 0 Å². The third-order valence-electron chi connectivity index (χ3n) is 2.53. The Morgan fingerprint density at radius 1 is 1.29 bits per heavy atom. The van der Waals surface area contributed by atoms with E-state index in [4.69, 9.17) is 19.7 Å². The number of carbonyl (C=O) groups excluding carboxylic acids is 2. The SMILES string of the molecule is CC1(C)OC(=O)C(C=N[C@H](CCC(=O)O)C(=O)O)C(=O)O1. The van der Waals surface area contributed by atoms with Crippen molar-refractivity contribution in [1.29, 1.82) is 0 Å². The second-order valence-corrected chi connectivity index (χ2v) is 4.80. The number of aliphatic imine (C=N–C) groups is 1. The highest BCUT2D eigenvalue weighted by atomic mass is 16.7. The zero-order valence-corrected chi connectivity index (χ0v) is 11.4. The van der Waals surface area contributed by atoms with Crippen LogP contribution in [0.25, 0.3) is 0 Å². The van der Waals surface area contributed by atoms with Gasteiger partial charge >= 0.3 is 23.9 Å². The van der Waals surface area contributed by atoms with E-state index in [9.17, 15) is 19.2 Å². The molecule has 0 bridgehead atoms. The summed E-state index contributed by atoms with van der Waals surface area (Å²) in [6, 6.07) is -1.36. The fourth-order valence-electron chi connectivity index (χ4n) is 1.56. The second kappa shape index (κ2) is 6.33. The first kappa shape index (κ1) is 16.6. The lowest BCUT2D eigenvalue weighted by molar-refractivity contribution is -0.235. The van der Waals surface area contributed by atoms with E-state index in [1.54, 1.807) is 0 Å². The molecule has 9 nitrogen and oxygen atoms in total. The molecule has 0 spiro atoms. The highest BCUT2D eigenvalue weighted by Crippen LogP contribution is 2.22. The molecule has 2 N–H and O–H groups in total. The zero-order chi connectivity index (χ0) is 16.2. The minimum Gasteiger partial charge on any atom is -0.481 e. The molecule has 1 saturated heterocycles. The first-order valence-electron chi connectivity index (χ1n) is 6.06. The molecule has 1 aliphatic heterocycles. The molecule has 0 aliphatic carbocycles. The minimum atomic E-state index is -1.45. The van der Waals surface area contributed by atoms with Gasteiger partial charge in [-0.1, -0.05) is 0 Å². The molecule has 0 aromatic heterocycles. The van der Waals surface area contributed by atoms with Gasteiger partial charge in [0.25, 0.3) is 5.79 Å². The predicted octanol–water partition coefficient (Wildman–Crippen LogP) is -0.173. The fourth-order valence-corrected chi connectivity index (χ4v) is 1.56. The number of carboxylic acids is 2. The highest BCUT2D eigenvalue weighted by Gasteiger charge is 2.42. The van der Waals surface area contributed by atoms with Crippen LogP contribution in [-0.4, -0.2) is 52.1 Å². The Labute approximate surface area is 119 Å². The molecule has 0 radical (unpaired) electrons. The quantitative estimate of drug-likeness (QED) is 0.391. The third-order valence-corrected chi connectivity index (χ3v) is 2.53. The summed E-state index contributed by atoms with van der Waals surface area (Å²) in [6.45, 7) is 2.76. The maximum Gasteiger partial charge on any atom is 0.329 e. The summed E-state index contributed by atoms with van der Waals surface area (Å²) in [5.41, 5.74) is 0. The molecule has 1 aliphatic rings. The van der Waals surface area contributed by atoms with Gasteiger partial charge in [0.15, 0.2) is 5.92 Å². The lowest BCUT2D eigenvalue weighted by Crippen LogP contribution is -2.47. The molecule has 1 fully saturated rings. The summed E-state index contributed by atoms with van der Waals surface area (Å²) in [5.74, 6) is -7.16. The second-order valence-electron chi connectivity index (χ2n) is 4.80. The number of hydrogen-bond donors (Lipinski definition) is 2. The van der Waals surface area contributed by atoms with E-state index in [-0.39, 0.29) is 6.42 Å². The van der Waals surface area contributed by atoms with Gasteiger partial charge in [-0.3, -0.25) is 19.4 Å². The Hall–Kier alpha value is -2.45. The van der Waals surface area contributed by atoms with Crippen molar-refractivity contribution in [3.63, 3.8) is 0 Å². The molecule has 0 aromatic carbocycles. The number of cyclic esters (lactones) is 2. The zero-order valence-electron chi connectivity index (χ0n) is 11.4. The van der Waals surface area contributed by atoms with E-state index in [0.29, 0.717) is 0 Å². The number of carbonyl (C=O) groups is 4. The summed E-state index contributed by atoms with van der Waals surface area (Å²) in [5, 5.41) is 17.4. The molecule has 0 aromatic rings. The molecule has 1 heterocycles. The van der Waals surface area contributed by atoms with Crippen molar-refractivity contribution in [1.82, 2.24) is 0 Å². The normalized spacial score (nSPS) is 19.9. The van der Waals surface area contributed by atoms with E-state index in [1.165, 1.54) is 13.8 Å². The van der Waals surface area contributed by atoms with Crippen molar-refractivity contribution < 1.29 is 38.9 Å². The smallest absolute Gasteiger partial charge is 0.329 e. The molecule has 116 valence electrons. The molecule has 21 heavy (non-hydrogen) atoms. The van der Waals surface area contributed by atoms with Crippen molar-refractivity contribution in [2.45, 2.75) is 38.5 Å². The Bertz CT molecular complexity index is 475.